The topological polar surface area (TPSA) is 62.7 Å². The molecule has 1 aromatic rings. The third kappa shape index (κ3) is 1.84. The van der Waals surface area contributed by atoms with Crippen molar-refractivity contribution in [3.8, 4) is 0 Å². The molecule has 15 heavy (non-hydrogen) atoms. The highest BCUT2D eigenvalue weighted by Gasteiger charge is 2.27. The molecule has 1 unspecified atom stereocenters. The van der Waals surface area contributed by atoms with Crippen LogP contribution in [0.15, 0.2) is 4.79 Å². The molecule has 0 spiro atoms. The van der Waals surface area contributed by atoms with Crippen LogP contribution in [0.2, 0.25) is 0 Å². The second-order valence-electron chi connectivity index (χ2n) is 4.55. The Morgan fingerprint density at radius 2 is 2.27 bits per heavy atom. The summed E-state index contributed by atoms with van der Waals surface area (Å²) in [6.07, 6.45) is 5.49. The zero-order chi connectivity index (χ0) is 10.3. The van der Waals surface area contributed by atoms with Gasteiger partial charge >= 0.3 is 5.69 Å². The van der Waals surface area contributed by atoms with Crippen LogP contribution >= 0.6 is 0 Å². The molecule has 1 aliphatic carbocycles. The summed E-state index contributed by atoms with van der Waals surface area (Å²) >= 11 is 0. The molecule has 1 saturated carbocycles. The molecule has 1 aromatic heterocycles. The number of H-pyrrole nitrogens is 1. The van der Waals surface area contributed by atoms with Crippen molar-refractivity contribution in [3.05, 3.63) is 16.3 Å². The van der Waals surface area contributed by atoms with Crippen molar-refractivity contribution in [2.75, 3.05) is 6.54 Å². The molecule has 0 amide bonds. The lowest BCUT2D eigenvalue weighted by molar-refractivity contribution is 0.567. The molecule has 0 radical (unpaired) electrons. The van der Waals surface area contributed by atoms with E-state index in [0.29, 0.717) is 12.1 Å². The van der Waals surface area contributed by atoms with Crippen LogP contribution in [-0.4, -0.2) is 27.4 Å². The first kappa shape index (κ1) is 9.15. The van der Waals surface area contributed by atoms with Gasteiger partial charge in [-0.3, -0.25) is 4.98 Å². The first-order valence-electron chi connectivity index (χ1n) is 5.74. The molecule has 2 fully saturated rings. The van der Waals surface area contributed by atoms with Crippen LogP contribution in [0.1, 0.15) is 37.5 Å². The van der Waals surface area contributed by atoms with Gasteiger partial charge in [0.25, 0.3) is 0 Å². The van der Waals surface area contributed by atoms with Crippen molar-refractivity contribution in [2.45, 2.75) is 44.2 Å². The molecule has 0 aromatic carbocycles. The highest BCUT2D eigenvalue weighted by atomic mass is 16.2. The summed E-state index contributed by atoms with van der Waals surface area (Å²) in [5.74, 6) is 0.839. The Bertz CT molecular complexity index is 398. The van der Waals surface area contributed by atoms with Crippen molar-refractivity contribution in [2.24, 2.45) is 0 Å². The third-order valence-corrected chi connectivity index (χ3v) is 3.18. The van der Waals surface area contributed by atoms with E-state index >= 15 is 0 Å². The van der Waals surface area contributed by atoms with Crippen molar-refractivity contribution < 1.29 is 0 Å². The zero-order valence-corrected chi connectivity index (χ0v) is 8.70. The van der Waals surface area contributed by atoms with Gasteiger partial charge in [0.15, 0.2) is 0 Å². The largest absolute Gasteiger partial charge is 0.343 e. The number of aromatic amines is 1. The van der Waals surface area contributed by atoms with Crippen LogP contribution in [0, 0.1) is 0 Å². The van der Waals surface area contributed by atoms with Crippen molar-refractivity contribution >= 4 is 0 Å². The summed E-state index contributed by atoms with van der Waals surface area (Å²) in [6, 6.07) is 0.877. The Morgan fingerprint density at radius 1 is 1.40 bits per heavy atom. The van der Waals surface area contributed by atoms with Crippen molar-refractivity contribution in [3.63, 3.8) is 0 Å². The van der Waals surface area contributed by atoms with Gasteiger partial charge in [0.05, 0.1) is 6.04 Å². The summed E-state index contributed by atoms with van der Waals surface area (Å²) in [7, 11) is 0. The van der Waals surface area contributed by atoms with Gasteiger partial charge in [0, 0.05) is 12.5 Å². The van der Waals surface area contributed by atoms with Gasteiger partial charge in [-0.2, -0.15) is 5.10 Å². The summed E-state index contributed by atoms with van der Waals surface area (Å²) in [6.45, 7) is 1.10. The molecule has 82 valence electrons. The molecule has 2 aliphatic rings. The second-order valence-corrected chi connectivity index (χ2v) is 4.55. The zero-order valence-electron chi connectivity index (χ0n) is 8.70. The summed E-state index contributed by atoms with van der Waals surface area (Å²) < 4.78 is 1.62. The average Bonchev–Trinajstić information content (AvgIpc) is 2.81. The van der Waals surface area contributed by atoms with E-state index < -0.39 is 0 Å². The Kier molecular flexibility index (Phi) is 2.12. The second kappa shape index (κ2) is 3.48. The molecular weight excluding hydrogens is 192 g/mol. The molecule has 3 rings (SSSR count). The van der Waals surface area contributed by atoms with Crippen LogP contribution in [0.5, 0.6) is 0 Å². The Labute approximate surface area is 87.9 Å². The SMILES string of the molecule is O=c1[nH]c(CC2CCCN2)nn1C1CC1. The van der Waals surface area contributed by atoms with Gasteiger partial charge in [-0.15, -0.1) is 0 Å². The van der Waals surface area contributed by atoms with Gasteiger partial charge in [-0.25, -0.2) is 9.48 Å². The quantitative estimate of drug-likeness (QED) is 0.746. The fourth-order valence-electron chi connectivity index (χ4n) is 2.20. The van der Waals surface area contributed by atoms with E-state index in [1.54, 1.807) is 4.68 Å². The maximum atomic E-state index is 11.5. The van der Waals surface area contributed by atoms with Crippen molar-refractivity contribution in [1.82, 2.24) is 20.1 Å². The first-order chi connectivity index (χ1) is 7.33. The minimum atomic E-state index is -0.0366. The predicted molar refractivity (Wildman–Crippen MR) is 55.8 cm³/mol. The summed E-state index contributed by atoms with van der Waals surface area (Å²) in [5.41, 5.74) is -0.0366. The van der Waals surface area contributed by atoms with E-state index in [2.05, 4.69) is 15.4 Å². The average molecular weight is 208 g/mol. The van der Waals surface area contributed by atoms with Gasteiger partial charge in [0.2, 0.25) is 0 Å². The van der Waals surface area contributed by atoms with E-state index in [9.17, 15) is 4.79 Å². The monoisotopic (exact) mass is 208 g/mol. The smallest absolute Gasteiger partial charge is 0.314 e. The summed E-state index contributed by atoms with van der Waals surface area (Å²) in [5, 5.41) is 7.75. The molecule has 2 N–H and O–H groups in total. The Morgan fingerprint density at radius 3 is 2.93 bits per heavy atom. The lowest BCUT2D eigenvalue weighted by Gasteiger charge is -2.05. The van der Waals surface area contributed by atoms with E-state index in [0.717, 1.165) is 31.6 Å². The Hall–Kier alpha value is -1.10. The fourth-order valence-corrected chi connectivity index (χ4v) is 2.20. The summed E-state index contributed by atoms with van der Waals surface area (Å²) in [4.78, 5) is 14.4. The minimum absolute atomic E-state index is 0.0366. The van der Waals surface area contributed by atoms with Crippen LogP contribution < -0.4 is 11.0 Å². The van der Waals surface area contributed by atoms with Gasteiger partial charge in [0.1, 0.15) is 5.82 Å². The number of rotatable bonds is 3. The predicted octanol–water partition coefficient (Wildman–Crippen LogP) is 0.201. The van der Waals surface area contributed by atoms with Gasteiger partial charge in [-0.1, -0.05) is 0 Å². The van der Waals surface area contributed by atoms with Crippen molar-refractivity contribution in [1.29, 1.82) is 0 Å². The van der Waals surface area contributed by atoms with E-state index in [1.165, 1.54) is 12.8 Å². The van der Waals surface area contributed by atoms with Crippen LogP contribution in [0.4, 0.5) is 0 Å². The number of nitrogens with zero attached hydrogens (tertiary/aromatic N) is 2. The van der Waals surface area contributed by atoms with Crippen LogP contribution in [-0.2, 0) is 6.42 Å². The van der Waals surface area contributed by atoms with E-state index in [-0.39, 0.29) is 5.69 Å². The van der Waals surface area contributed by atoms with Crippen LogP contribution in [0.25, 0.3) is 0 Å². The van der Waals surface area contributed by atoms with E-state index in [4.69, 9.17) is 0 Å². The molecular formula is C10H16N4O. The molecule has 1 atom stereocenters. The first-order valence-corrected chi connectivity index (χ1v) is 5.74. The highest BCUT2D eigenvalue weighted by Crippen LogP contribution is 2.32. The number of hydrogen-bond donors (Lipinski definition) is 2. The normalized spacial score (nSPS) is 26.0. The molecule has 5 nitrogen and oxygen atoms in total. The molecule has 0 bridgehead atoms. The standard InChI is InChI=1S/C10H16N4O/c15-10-12-9(6-7-2-1-5-11-7)13-14(10)8-3-4-8/h7-8,11H,1-6H2,(H,12,13,15). The fraction of sp³-hybridized carbons (Fsp3) is 0.800. The molecule has 1 saturated heterocycles. The number of aromatic nitrogens is 3. The lowest BCUT2D eigenvalue weighted by Crippen LogP contribution is -2.24. The molecule has 1 aliphatic heterocycles. The molecule has 5 heteroatoms. The number of nitrogens with one attached hydrogen (secondary N) is 2. The Balaban J connectivity index is 1.74. The maximum Gasteiger partial charge on any atom is 0.343 e. The number of hydrogen-bond acceptors (Lipinski definition) is 3. The third-order valence-electron chi connectivity index (χ3n) is 3.18. The van der Waals surface area contributed by atoms with Crippen LogP contribution in [0.3, 0.4) is 0 Å². The minimum Gasteiger partial charge on any atom is -0.314 e. The lowest BCUT2D eigenvalue weighted by atomic mass is 10.1. The van der Waals surface area contributed by atoms with E-state index in [1.807, 2.05) is 0 Å². The highest BCUT2D eigenvalue weighted by molar-refractivity contribution is 4.92. The van der Waals surface area contributed by atoms with Gasteiger partial charge in [-0.05, 0) is 32.2 Å². The molecule has 2 heterocycles. The van der Waals surface area contributed by atoms with Gasteiger partial charge < -0.3 is 5.32 Å². The maximum absolute atomic E-state index is 11.5.